The molecule has 1 aromatic carbocycles. The van der Waals surface area contributed by atoms with Crippen molar-refractivity contribution in [2.24, 2.45) is 10.9 Å². The highest BCUT2D eigenvalue weighted by Gasteiger charge is 2.27. The number of likely N-dealkylation sites (tertiary alicyclic amines) is 1. The zero-order valence-electron chi connectivity index (χ0n) is 17.9. The molecule has 0 bridgehead atoms. The first-order chi connectivity index (χ1) is 13.4. The molecule has 0 atom stereocenters. The SMILES string of the molecule is CCNC(=NCc1ccc(F)c(CN(C)C)c1)N1CCC(C(=O)OCC)CC1.I. The van der Waals surface area contributed by atoms with E-state index in [0.717, 1.165) is 44.0 Å². The van der Waals surface area contributed by atoms with Gasteiger partial charge in [-0.25, -0.2) is 9.38 Å². The molecule has 0 unspecified atom stereocenters. The summed E-state index contributed by atoms with van der Waals surface area (Å²) in [5, 5.41) is 3.33. The lowest BCUT2D eigenvalue weighted by Gasteiger charge is -2.33. The number of carbonyl (C=O) groups is 1. The van der Waals surface area contributed by atoms with E-state index in [1.807, 2.05) is 38.9 Å². The summed E-state index contributed by atoms with van der Waals surface area (Å²) in [6.45, 7) is 7.65. The fraction of sp³-hybridized carbons (Fsp3) is 0.619. The molecule has 1 aliphatic rings. The number of nitrogens with one attached hydrogen (secondary N) is 1. The van der Waals surface area contributed by atoms with Crippen molar-refractivity contribution in [1.29, 1.82) is 0 Å². The van der Waals surface area contributed by atoms with Crippen molar-refractivity contribution < 1.29 is 13.9 Å². The lowest BCUT2D eigenvalue weighted by molar-refractivity contribution is -0.149. The van der Waals surface area contributed by atoms with Crippen molar-refractivity contribution in [3.05, 3.63) is 35.1 Å². The van der Waals surface area contributed by atoms with E-state index in [-0.39, 0.29) is 41.7 Å². The molecule has 0 aliphatic carbocycles. The molecule has 0 saturated carbocycles. The van der Waals surface area contributed by atoms with Crippen LogP contribution in [0.2, 0.25) is 0 Å². The van der Waals surface area contributed by atoms with Crippen molar-refractivity contribution in [3.63, 3.8) is 0 Å². The van der Waals surface area contributed by atoms with Gasteiger partial charge in [0.05, 0.1) is 19.1 Å². The van der Waals surface area contributed by atoms with Gasteiger partial charge in [-0.1, -0.05) is 6.07 Å². The van der Waals surface area contributed by atoms with Crippen LogP contribution in [0.4, 0.5) is 4.39 Å². The summed E-state index contributed by atoms with van der Waals surface area (Å²) in [6, 6.07) is 5.19. The molecule has 1 aliphatic heterocycles. The molecule has 8 heteroatoms. The van der Waals surface area contributed by atoms with Crippen LogP contribution in [-0.2, 0) is 22.6 Å². The number of guanidine groups is 1. The van der Waals surface area contributed by atoms with Gasteiger partial charge in [0.2, 0.25) is 0 Å². The Labute approximate surface area is 190 Å². The second-order valence-electron chi connectivity index (χ2n) is 7.35. The average molecular weight is 520 g/mol. The smallest absolute Gasteiger partial charge is 0.309 e. The van der Waals surface area contributed by atoms with Gasteiger partial charge in [-0.15, -0.1) is 24.0 Å². The number of halogens is 2. The summed E-state index contributed by atoms with van der Waals surface area (Å²) >= 11 is 0. The van der Waals surface area contributed by atoms with Gasteiger partial charge in [-0.3, -0.25) is 4.79 Å². The summed E-state index contributed by atoms with van der Waals surface area (Å²) in [6.07, 6.45) is 1.54. The van der Waals surface area contributed by atoms with Crippen molar-refractivity contribution >= 4 is 35.9 Å². The number of piperidine rings is 1. The second kappa shape index (κ2) is 13.0. The van der Waals surface area contributed by atoms with Gasteiger partial charge in [-0.2, -0.15) is 0 Å². The first-order valence-corrected chi connectivity index (χ1v) is 10.1. The summed E-state index contributed by atoms with van der Waals surface area (Å²) in [5.41, 5.74) is 1.66. The molecule has 1 saturated heterocycles. The number of benzene rings is 1. The Bertz CT molecular complexity index is 677. The highest BCUT2D eigenvalue weighted by atomic mass is 127. The number of hydrogen-bond acceptors (Lipinski definition) is 4. The lowest BCUT2D eigenvalue weighted by Crippen LogP contribution is -2.46. The molecule has 1 fully saturated rings. The van der Waals surface area contributed by atoms with Crippen LogP contribution < -0.4 is 5.32 Å². The van der Waals surface area contributed by atoms with Crippen molar-refractivity contribution in [2.45, 2.75) is 39.8 Å². The lowest BCUT2D eigenvalue weighted by atomic mass is 9.97. The quantitative estimate of drug-likeness (QED) is 0.259. The average Bonchev–Trinajstić information content (AvgIpc) is 2.67. The summed E-state index contributed by atoms with van der Waals surface area (Å²) in [7, 11) is 3.85. The Morgan fingerprint density at radius 3 is 2.59 bits per heavy atom. The van der Waals surface area contributed by atoms with E-state index in [4.69, 9.17) is 9.73 Å². The number of hydrogen-bond donors (Lipinski definition) is 1. The fourth-order valence-corrected chi connectivity index (χ4v) is 3.37. The van der Waals surface area contributed by atoms with Crippen LogP contribution in [0.5, 0.6) is 0 Å². The van der Waals surface area contributed by atoms with E-state index in [2.05, 4.69) is 10.2 Å². The van der Waals surface area contributed by atoms with Crippen molar-refractivity contribution in [3.8, 4) is 0 Å². The third-order valence-electron chi connectivity index (χ3n) is 4.76. The van der Waals surface area contributed by atoms with Gasteiger partial charge in [0.25, 0.3) is 0 Å². The third kappa shape index (κ3) is 8.08. The van der Waals surface area contributed by atoms with Gasteiger partial charge < -0.3 is 19.9 Å². The molecule has 0 amide bonds. The van der Waals surface area contributed by atoms with Crippen molar-refractivity contribution in [2.75, 3.05) is 40.3 Å². The molecular weight excluding hydrogens is 486 g/mol. The van der Waals surface area contributed by atoms with Gasteiger partial charge in [0.15, 0.2) is 5.96 Å². The Balaban J connectivity index is 0.00000420. The number of aliphatic imine (C=N–C) groups is 1. The number of carbonyl (C=O) groups excluding carboxylic acids is 1. The number of rotatable bonds is 7. The van der Waals surface area contributed by atoms with E-state index < -0.39 is 0 Å². The third-order valence-corrected chi connectivity index (χ3v) is 4.76. The maximum Gasteiger partial charge on any atom is 0.309 e. The highest BCUT2D eigenvalue weighted by Crippen LogP contribution is 2.19. The van der Waals surface area contributed by atoms with Crippen LogP contribution in [0, 0.1) is 11.7 Å². The van der Waals surface area contributed by atoms with Crippen LogP contribution >= 0.6 is 24.0 Å². The Kier molecular flexibility index (Phi) is 11.5. The summed E-state index contributed by atoms with van der Waals surface area (Å²) in [5.74, 6) is 0.534. The van der Waals surface area contributed by atoms with Gasteiger partial charge in [0, 0.05) is 31.7 Å². The van der Waals surface area contributed by atoms with Crippen LogP contribution in [0.3, 0.4) is 0 Å². The van der Waals surface area contributed by atoms with Crippen LogP contribution in [0.25, 0.3) is 0 Å². The molecular formula is C21H34FIN4O2. The van der Waals surface area contributed by atoms with Crippen LogP contribution in [0.1, 0.15) is 37.8 Å². The molecule has 1 heterocycles. The molecule has 29 heavy (non-hydrogen) atoms. The summed E-state index contributed by atoms with van der Waals surface area (Å²) < 4.78 is 19.1. The number of ether oxygens (including phenoxy) is 1. The zero-order chi connectivity index (χ0) is 20.5. The largest absolute Gasteiger partial charge is 0.466 e. The first kappa shape index (κ1) is 25.6. The highest BCUT2D eigenvalue weighted by molar-refractivity contribution is 14.0. The van der Waals surface area contributed by atoms with Crippen molar-refractivity contribution in [1.82, 2.24) is 15.1 Å². The zero-order valence-corrected chi connectivity index (χ0v) is 20.2. The minimum Gasteiger partial charge on any atom is -0.466 e. The number of nitrogens with zero attached hydrogens (tertiary/aromatic N) is 3. The normalized spacial score (nSPS) is 15.2. The van der Waals surface area contributed by atoms with Gasteiger partial charge >= 0.3 is 5.97 Å². The Morgan fingerprint density at radius 2 is 2.00 bits per heavy atom. The minimum absolute atomic E-state index is 0. The standard InChI is InChI=1S/C21H33FN4O2.HI/c1-5-23-21(26-11-9-17(10-12-26)20(27)28-6-2)24-14-16-7-8-19(22)18(13-16)15-25(3)4;/h7-8,13,17H,5-6,9-12,14-15H2,1-4H3,(H,23,24);1H. The fourth-order valence-electron chi connectivity index (χ4n) is 3.37. The second-order valence-corrected chi connectivity index (χ2v) is 7.35. The Hall–Kier alpha value is -1.42. The molecule has 1 N–H and O–H groups in total. The topological polar surface area (TPSA) is 57.2 Å². The first-order valence-electron chi connectivity index (χ1n) is 10.1. The van der Waals surface area contributed by atoms with E-state index in [1.54, 1.807) is 6.07 Å². The molecule has 0 aromatic heterocycles. The molecule has 164 valence electrons. The van der Waals surface area contributed by atoms with E-state index in [1.165, 1.54) is 6.07 Å². The van der Waals surface area contributed by atoms with Gasteiger partial charge in [-0.05, 0) is 58.5 Å². The van der Waals surface area contributed by atoms with E-state index >= 15 is 0 Å². The van der Waals surface area contributed by atoms with Crippen LogP contribution in [-0.4, -0.2) is 62.1 Å². The monoisotopic (exact) mass is 520 g/mol. The Morgan fingerprint density at radius 1 is 1.31 bits per heavy atom. The van der Waals surface area contributed by atoms with E-state index in [0.29, 0.717) is 25.3 Å². The molecule has 0 radical (unpaired) electrons. The molecule has 6 nitrogen and oxygen atoms in total. The predicted molar refractivity (Wildman–Crippen MR) is 125 cm³/mol. The molecule has 0 spiro atoms. The number of esters is 1. The maximum absolute atomic E-state index is 14.0. The minimum atomic E-state index is -0.186. The molecule has 2 rings (SSSR count). The van der Waals surface area contributed by atoms with E-state index in [9.17, 15) is 9.18 Å². The molecule has 1 aromatic rings. The maximum atomic E-state index is 14.0. The predicted octanol–water partition coefficient (Wildman–Crippen LogP) is 3.25. The summed E-state index contributed by atoms with van der Waals surface area (Å²) in [4.78, 5) is 20.8. The van der Waals surface area contributed by atoms with Gasteiger partial charge in [0.1, 0.15) is 5.82 Å². The van der Waals surface area contributed by atoms with Crippen LogP contribution in [0.15, 0.2) is 23.2 Å².